The summed E-state index contributed by atoms with van der Waals surface area (Å²) in [5, 5.41) is 1.91. The Morgan fingerprint density at radius 1 is 1.35 bits per heavy atom. The molecule has 0 aliphatic heterocycles. The molecule has 1 atom stereocenters. The predicted octanol–water partition coefficient (Wildman–Crippen LogP) is 3.50. The zero-order valence-electron chi connectivity index (χ0n) is 13.9. The third kappa shape index (κ3) is 3.93. The van der Waals surface area contributed by atoms with Gasteiger partial charge in [0.05, 0.1) is 14.8 Å². The lowest BCUT2D eigenvalue weighted by atomic mass is 10.0. The van der Waals surface area contributed by atoms with Crippen molar-refractivity contribution in [2.24, 2.45) is 5.41 Å². The summed E-state index contributed by atoms with van der Waals surface area (Å²) in [6.45, 7) is 6.13. The molecule has 124 valence electrons. The molecule has 2 aromatic heterocycles. The molecule has 0 saturated heterocycles. The normalized spacial score (nSPS) is 17.7. The summed E-state index contributed by atoms with van der Waals surface area (Å²) in [4.78, 5) is 20.1. The molecule has 0 bridgehead atoms. The van der Waals surface area contributed by atoms with Crippen LogP contribution in [0, 0.1) is 5.41 Å². The fourth-order valence-corrected chi connectivity index (χ4v) is 6.14. The lowest BCUT2D eigenvalue weighted by molar-refractivity contribution is 0.612. The van der Waals surface area contributed by atoms with Crippen molar-refractivity contribution in [3.63, 3.8) is 0 Å². The van der Waals surface area contributed by atoms with E-state index >= 15 is 0 Å². The molecule has 23 heavy (non-hydrogen) atoms. The number of nitrogens with zero attached hydrogens (tertiary/aromatic N) is 1. The summed E-state index contributed by atoms with van der Waals surface area (Å²) in [6.07, 6.45) is 3.98. The zero-order chi connectivity index (χ0) is 16.8. The van der Waals surface area contributed by atoms with Gasteiger partial charge in [0.25, 0.3) is 5.56 Å². The van der Waals surface area contributed by atoms with E-state index in [1.54, 1.807) is 12.3 Å². The molecule has 0 amide bonds. The van der Waals surface area contributed by atoms with Crippen molar-refractivity contribution < 1.29 is 4.21 Å². The van der Waals surface area contributed by atoms with Gasteiger partial charge >= 0.3 is 0 Å². The number of nitrogens with one attached hydrogen (secondary N) is 1. The summed E-state index contributed by atoms with van der Waals surface area (Å²) in [6, 6.07) is 5.37. The zero-order valence-corrected chi connectivity index (χ0v) is 15.5. The number of thiophene rings is 1. The molecule has 4 nitrogen and oxygen atoms in total. The standard InChI is InChI=1S/C17H22N2O2S2/c1-17(2,3)10-23(4,21)15-8-7-13(22-15)16-18-12(11-5-6-11)9-14(20)19-16/h7-11H,5-6H2,1-4H3,(H,18,19,20). The van der Waals surface area contributed by atoms with Gasteiger partial charge in [0, 0.05) is 27.8 Å². The van der Waals surface area contributed by atoms with Crippen LogP contribution in [-0.4, -0.2) is 25.8 Å². The van der Waals surface area contributed by atoms with E-state index < -0.39 is 9.52 Å². The van der Waals surface area contributed by atoms with E-state index in [1.807, 2.05) is 38.3 Å². The van der Waals surface area contributed by atoms with E-state index in [-0.39, 0.29) is 11.0 Å². The minimum absolute atomic E-state index is 0.117. The largest absolute Gasteiger partial charge is 0.306 e. The van der Waals surface area contributed by atoms with Gasteiger partial charge < -0.3 is 4.98 Å². The van der Waals surface area contributed by atoms with Crippen LogP contribution in [0.3, 0.4) is 0 Å². The number of aromatic nitrogens is 2. The Hall–Kier alpha value is -1.40. The van der Waals surface area contributed by atoms with Crippen LogP contribution in [0.25, 0.3) is 10.7 Å². The van der Waals surface area contributed by atoms with Crippen LogP contribution >= 0.6 is 11.3 Å². The van der Waals surface area contributed by atoms with Crippen molar-refractivity contribution in [2.45, 2.75) is 43.7 Å². The van der Waals surface area contributed by atoms with E-state index in [0.29, 0.717) is 11.7 Å². The van der Waals surface area contributed by atoms with Gasteiger partial charge in [0.15, 0.2) is 5.82 Å². The van der Waals surface area contributed by atoms with Gasteiger partial charge in [-0.1, -0.05) is 20.8 Å². The summed E-state index contributed by atoms with van der Waals surface area (Å²) in [7, 11) is -2.21. The van der Waals surface area contributed by atoms with E-state index in [4.69, 9.17) is 0 Å². The van der Waals surface area contributed by atoms with Gasteiger partial charge in [0.1, 0.15) is 0 Å². The van der Waals surface area contributed by atoms with Gasteiger partial charge in [-0.05, 0) is 35.8 Å². The van der Waals surface area contributed by atoms with E-state index in [9.17, 15) is 9.00 Å². The molecule has 2 heterocycles. The fourth-order valence-electron chi connectivity index (χ4n) is 2.58. The summed E-state index contributed by atoms with van der Waals surface area (Å²) < 4.78 is 13.8. The smallest absolute Gasteiger partial charge is 0.251 e. The maximum absolute atomic E-state index is 13.0. The van der Waals surface area contributed by atoms with Crippen LogP contribution in [0.15, 0.2) is 27.2 Å². The maximum Gasteiger partial charge on any atom is 0.251 e. The lowest BCUT2D eigenvalue weighted by Gasteiger charge is -2.14. The average molecular weight is 351 g/mol. The first-order valence-electron chi connectivity index (χ1n) is 7.71. The molecule has 3 rings (SSSR count). The van der Waals surface area contributed by atoms with Crippen molar-refractivity contribution in [1.29, 1.82) is 0 Å². The first kappa shape index (κ1) is 16.5. The Morgan fingerprint density at radius 3 is 2.65 bits per heavy atom. The number of hydrogen-bond donors (Lipinski definition) is 1. The number of rotatable bonds is 3. The number of aromatic amines is 1. The fraction of sp³-hybridized carbons (Fsp3) is 0.471. The molecule has 1 aliphatic carbocycles. The highest BCUT2D eigenvalue weighted by molar-refractivity contribution is 8.02. The highest BCUT2D eigenvalue weighted by Gasteiger charge is 2.26. The second-order valence-electron chi connectivity index (χ2n) is 7.30. The number of hydrogen-bond acceptors (Lipinski definition) is 4. The first-order chi connectivity index (χ1) is 10.6. The highest BCUT2D eigenvalue weighted by atomic mass is 32.2. The van der Waals surface area contributed by atoms with Crippen LogP contribution in [0.5, 0.6) is 0 Å². The third-order valence-corrected chi connectivity index (χ3v) is 7.77. The molecule has 6 heteroatoms. The van der Waals surface area contributed by atoms with Crippen molar-refractivity contribution in [3.8, 4) is 10.7 Å². The Bertz CT molecular complexity index is 905. The Kier molecular flexibility index (Phi) is 4.01. The molecule has 2 aromatic rings. The molecule has 0 aromatic carbocycles. The molecule has 1 fully saturated rings. The predicted molar refractivity (Wildman–Crippen MR) is 98.0 cm³/mol. The monoisotopic (exact) mass is 350 g/mol. The molecular weight excluding hydrogens is 328 g/mol. The molecule has 0 spiro atoms. The van der Waals surface area contributed by atoms with Crippen molar-refractivity contribution >= 4 is 26.2 Å². The molecule has 1 N–H and O–H groups in total. The van der Waals surface area contributed by atoms with Crippen LogP contribution in [-0.2, 0) is 9.52 Å². The minimum atomic E-state index is -2.21. The van der Waals surface area contributed by atoms with E-state index in [2.05, 4.69) is 9.97 Å². The number of H-pyrrole nitrogens is 1. The first-order valence-corrected chi connectivity index (χ1v) is 10.6. The van der Waals surface area contributed by atoms with Gasteiger partial charge in [-0.3, -0.25) is 9.00 Å². The van der Waals surface area contributed by atoms with E-state index in [0.717, 1.165) is 27.6 Å². The molecule has 0 radical (unpaired) electrons. The molecule has 1 unspecified atom stereocenters. The van der Waals surface area contributed by atoms with Crippen molar-refractivity contribution in [1.82, 2.24) is 9.97 Å². The summed E-state index contributed by atoms with van der Waals surface area (Å²) in [5.74, 6) is 1.02. The topological polar surface area (TPSA) is 62.8 Å². The van der Waals surface area contributed by atoms with E-state index in [1.165, 1.54) is 11.3 Å². The van der Waals surface area contributed by atoms with Gasteiger partial charge in [-0.2, -0.15) is 0 Å². The molecule has 1 saturated carbocycles. The third-order valence-electron chi connectivity index (χ3n) is 3.55. The van der Waals surface area contributed by atoms with Crippen molar-refractivity contribution in [3.05, 3.63) is 34.2 Å². The lowest BCUT2D eigenvalue weighted by Crippen LogP contribution is -2.14. The molecular formula is C17H22N2O2S2. The molecule has 1 aliphatic rings. The van der Waals surface area contributed by atoms with Crippen molar-refractivity contribution in [2.75, 3.05) is 6.26 Å². The van der Waals surface area contributed by atoms with Crippen LogP contribution < -0.4 is 5.56 Å². The van der Waals surface area contributed by atoms with Crippen LogP contribution in [0.1, 0.15) is 45.2 Å². The highest BCUT2D eigenvalue weighted by Crippen LogP contribution is 2.39. The Balaban J connectivity index is 2.01. The van der Waals surface area contributed by atoms with Gasteiger partial charge in [0.2, 0.25) is 0 Å². The minimum Gasteiger partial charge on any atom is -0.306 e. The second-order valence-corrected chi connectivity index (χ2v) is 11.1. The SMILES string of the molecule is CC(C)(C)C=S(C)(=O)c1ccc(-c2nc(C3CC3)cc(=O)[nH]2)s1. The summed E-state index contributed by atoms with van der Waals surface area (Å²) >= 11 is 1.44. The van der Waals surface area contributed by atoms with Crippen LogP contribution in [0.2, 0.25) is 0 Å². The van der Waals surface area contributed by atoms with Crippen LogP contribution in [0.4, 0.5) is 0 Å². The second kappa shape index (κ2) is 5.60. The quantitative estimate of drug-likeness (QED) is 0.862. The van der Waals surface area contributed by atoms with Gasteiger partial charge in [-0.25, -0.2) is 4.98 Å². The van der Waals surface area contributed by atoms with Gasteiger partial charge in [-0.15, -0.1) is 11.3 Å². The Morgan fingerprint density at radius 2 is 2.04 bits per heavy atom. The Labute approximate surface area is 141 Å². The maximum atomic E-state index is 13.0. The average Bonchev–Trinajstić information content (AvgIpc) is 3.11. The summed E-state index contributed by atoms with van der Waals surface area (Å²) in [5.41, 5.74) is 0.636.